The van der Waals surface area contributed by atoms with Crippen LogP contribution in [0.2, 0.25) is 0 Å². The average Bonchev–Trinajstić information content (AvgIpc) is 2.79. The van der Waals surface area contributed by atoms with Crippen LogP contribution in [-0.2, 0) is 0 Å². The first-order valence-corrected chi connectivity index (χ1v) is 5.58. The van der Waals surface area contributed by atoms with Crippen LogP contribution in [0.3, 0.4) is 0 Å². The van der Waals surface area contributed by atoms with Gasteiger partial charge in [-0.2, -0.15) is 0 Å². The second-order valence-electron chi connectivity index (χ2n) is 4.03. The van der Waals surface area contributed by atoms with Crippen LogP contribution in [0.15, 0.2) is 0 Å². The van der Waals surface area contributed by atoms with E-state index in [1.807, 2.05) is 13.8 Å². The van der Waals surface area contributed by atoms with Crippen molar-refractivity contribution in [2.24, 2.45) is 23.7 Å². The van der Waals surface area contributed by atoms with E-state index >= 15 is 0 Å². The first-order valence-electron chi connectivity index (χ1n) is 5.58. The third kappa shape index (κ3) is 1.89. The second kappa shape index (κ2) is 4.97. The van der Waals surface area contributed by atoms with Crippen LogP contribution in [0.1, 0.15) is 33.1 Å². The molecule has 78 valence electrons. The lowest BCUT2D eigenvalue weighted by molar-refractivity contribution is 0.0791. The van der Waals surface area contributed by atoms with E-state index in [4.69, 9.17) is 10.2 Å². The summed E-state index contributed by atoms with van der Waals surface area (Å²) in [6.07, 6.45) is 3.83. The highest BCUT2D eigenvalue weighted by molar-refractivity contribution is 4.95. The minimum Gasteiger partial charge on any atom is -0.396 e. The summed E-state index contributed by atoms with van der Waals surface area (Å²) in [7, 11) is 0. The van der Waals surface area contributed by atoms with E-state index in [-0.39, 0.29) is 13.2 Å². The summed E-state index contributed by atoms with van der Waals surface area (Å²) in [5.74, 6) is 2.28. The predicted octanol–water partition coefficient (Wildman–Crippen LogP) is 1.66. The van der Waals surface area contributed by atoms with Gasteiger partial charge in [-0.25, -0.2) is 0 Å². The van der Waals surface area contributed by atoms with Crippen LogP contribution in [0.25, 0.3) is 0 Å². The standard InChI is InChI=1S/C9H16O2.C2H6/c10-4-8-6-1-2-7(3-6)9(8)5-11;1-2/h6-11H,1-5H2;1-2H3. The highest BCUT2D eigenvalue weighted by Crippen LogP contribution is 2.51. The Hall–Kier alpha value is -0.0800. The summed E-state index contributed by atoms with van der Waals surface area (Å²) < 4.78 is 0. The molecular formula is C11H22O2. The number of fused-ring (bicyclic) bond motifs is 2. The van der Waals surface area contributed by atoms with Gasteiger partial charge < -0.3 is 10.2 Å². The Morgan fingerprint density at radius 1 is 0.923 bits per heavy atom. The molecule has 0 saturated heterocycles. The lowest BCUT2D eigenvalue weighted by atomic mass is 9.80. The monoisotopic (exact) mass is 186 g/mol. The van der Waals surface area contributed by atoms with Crippen LogP contribution in [0, 0.1) is 23.7 Å². The normalized spacial score (nSPS) is 41.5. The van der Waals surface area contributed by atoms with Gasteiger partial charge in [-0.1, -0.05) is 13.8 Å². The number of rotatable bonds is 2. The number of aliphatic hydroxyl groups excluding tert-OH is 2. The molecule has 0 amide bonds. The maximum atomic E-state index is 9.08. The van der Waals surface area contributed by atoms with Gasteiger partial charge in [-0.15, -0.1) is 0 Å². The molecular weight excluding hydrogens is 164 g/mol. The molecule has 2 aliphatic carbocycles. The Kier molecular flexibility index (Phi) is 4.20. The molecule has 0 aliphatic heterocycles. The van der Waals surface area contributed by atoms with Crippen molar-refractivity contribution in [3.8, 4) is 0 Å². The zero-order valence-electron chi connectivity index (χ0n) is 8.74. The van der Waals surface area contributed by atoms with Gasteiger partial charge in [0.2, 0.25) is 0 Å². The fourth-order valence-corrected chi connectivity index (χ4v) is 3.10. The van der Waals surface area contributed by atoms with Crippen molar-refractivity contribution < 1.29 is 10.2 Å². The van der Waals surface area contributed by atoms with E-state index in [1.165, 1.54) is 19.3 Å². The Labute approximate surface area is 81.0 Å². The maximum Gasteiger partial charge on any atom is 0.0465 e. The second-order valence-corrected chi connectivity index (χ2v) is 4.03. The van der Waals surface area contributed by atoms with Crippen molar-refractivity contribution in [3.63, 3.8) is 0 Å². The first kappa shape index (κ1) is 11.0. The summed E-state index contributed by atoms with van der Waals surface area (Å²) in [5.41, 5.74) is 0. The molecule has 13 heavy (non-hydrogen) atoms. The maximum absolute atomic E-state index is 9.08. The molecule has 2 fully saturated rings. The molecule has 0 heterocycles. The van der Waals surface area contributed by atoms with Crippen LogP contribution in [0.5, 0.6) is 0 Å². The van der Waals surface area contributed by atoms with E-state index in [9.17, 15) is 0 Å². The Balaban J connectivity index is 0.000000396. The molecule has 0 aromatic rings. The molecule has 2 N–H and O–H groups in total. The minimum atomic E-state index is 0.284. The van der Waals surface area contributed by atoms with E-state index in [0.29, 0.717) is 11.8 Å². The van der Waals surface area contributed by atoms with Crippen LogP contribution >= 0.6 is 0 Å². The first-order chi connectivity index (χ1) is 6.36. The van der Waals surface area contributed by atoms with Gasteiger partial charge in [-0.05, 0) is 42.9 Å². The fraction of sp³-hybridized carbons (Fsp3) is 1.00. The molecule has 0 spiro atoms. The van der Waals surface area contributed by atoms with Gasteiger partial charge >= 0.3 is 0 Å². The van der Waals surface area contributed by atoms with E-state index in [0.717, 1.165) is 11.8 Å². The highest BCUT2D eigenvalue weighted by atomic mass is 16.3. The van der Waals surface area contributed by atoms with Crippen LogP contribution in [-0.4, -0.2) is 23.4 Å². The van der Waals surface area contributed by atoms with E-state index in [1.54, 1.807) is 0 Å². The summed E-state index contributed by atoms with van der Waals surface area (Å²) in [6.45, 7) is 4.57. The van der Waals surface area contributed by atoms with Crippen LogP contribution < -0.4 is 0 Å². The van der Waals surface area contributed by atoms with Crippen molar-refractivity contribution in [2.75, 3.05) is 13.2 Å². The zero-order chi connectivity index (χ0) is 9.84. The predicted molar refractivity (Wildman–Crippen MR) is 53.3 cm³/mol. The van der Waals surface area contributed by atoms with Crippen molar-refractivity contribution >= 4 is 0 Å². The van der Waals surface area contributed by atoms with Crippen molar-refractivity contribution in [1.82, 2.24) is 0 Å². The van der Waals surface area contributed by atoms with E-state index in [2.05, 4.69) is 0 Å². The molecule has 4 unspecified atom stereocenters. The van der Waals surface area contributed by atoms with Crippen molar-refractivity contribution in [3.05, 3.63) is 0 Å². The molecule has 4 atom stereocenters. The lowest BCUT2D eigenvalue weighted by Gasteiger charge is -2.27. The van der Waals surface area contributed by atoms with E-state index < -0.39 is 0 Å². The zero-order valence-corrected chi connectivity index (χ0v) is 8.74. The highest BCUT2D eigenvalue weighted by Gasteiger charge is 2.46. The smallest absolute Gasteiger partial charge is 0.0465 e. The average molecular weight is 186 g/mol. The molecule has 2 bridgehead atoms. The van der Waals surface area contributed by atoms with Gasteiger partial charge in [-0.3, -0.25) is 0 Å². The third-order valence-corrected chi connectivity index (χ3v) is 3.70. The third-order valence-electron chi connectivity index (χ3n) is 3.70. The largest absolute Gasteiger partial charge is 0.396 e. The lowest BCUT2D eigenvalue weighted by Crippen LogP contribution is -2.27. The molecule has 2 aliphatic rings. The van der Waals surface area contributed by atoms with Gasteiger partial charge in [0.1, 0.15) is 0 Å². The fourth-order valence-electron chi connectivity index (χ4n) is 3.10. The molecule has 0 aromatic heterocycles. The summed E-state index contributed by atoms with van der Waals surface area (Å²) in [6, 6.07) is 0. The Morgan fingerprint density at radius 3 is 1.62 bits per heavy atom. The van der Waals surface area contributed by atoms with Crippen molar-refractivity contribution in [1.29, 1.82) is 0 Å². The Morgan fingerprint density at radius 2 is 1.31 bits per heavy atom. The Bertz CT molecular complexity index is 131. The quantitative estimate of drug-likeness (QED) is 0.688. The number of hydrogen-bond donors (Lipinski definition) is 2. The molecule has 2 rings (SSSR count). The molecule has 2 saturated carbocycles. The molecule has 0 radical (unpaired) electrons. The molecule has 2 heteroatoms. The topological polar surface area (TPSA) is 40.5 Å². The van der Waals surface area contributed by atoms with Gasteiger partial charge in [0, 0.05) is 13.2 Å². The summed E-state index contributed by atoms with van der Waals surface area (Å²) >= 11 is 0. The summed E-state index contributed by atoms with van der Waals surface area (Å²) in [5, 5.41) is 18.2. The molecule has 2 nitrogen and oxygen atoms in total. The van der Waals surface area contributed by atoms with Crippen LogP contribution in [0.4, 0.5) is 0 Å². The minimum absolute atomic E-state index is 0.284. The van der Waals surface area contributed by atoms with Gasteiger partial charge in [0.05, 0.1) is 0 Å². The summed E-state index contributed by atoms with van der Waals surface area (Å²) in [4.78, 5) is 0. The molecule has 0 aromatic carbocycles. The van der Waals surface area contributed by atoms with Gasteiger partial charge in [0.25, 0.3) is 0 Å². The SMILES string of the molecule is CC.OCC1C2CCC(C2)C1CO. The number of aliphatic hydroxyl groups is 2. The van der Waals surface area contributed by atoms with Gasteiger partial charge in [0.15, 0.2) is 0 Å². The van der Waals surface area contributed by atoms with Crippen molar-refractivity contribution in [2.45, 2.75) is 33.1 Å². The number of hydrogen-bond acceptors (Lipinski definition) is 2.